The van der Waals surface area contributed by atoms with Gasteiger partial charge in [0.05, 0.1) is 0 Å². The Balaban J connectivity index is 1.76. The average Bonchev–Trinajstić information content (AvgIpc) is 3.05. The van der Waals surface area contributed by atoms with E-state index in [2.05, 4.69) is 10.6 Å². The lowest BCUT2D eigenvalue weighted by molar-refractivity contribution is -0.120. The Bertz CT molecular complexity index is 965. The summed E-state index contributed by atoms with van der Waals surface area (Å²) in [6.45, 7) is 1.97. The Hall–Kier alpha value is -2.79. The van der Waals surface area contributed by atoms with Gasteiger partial charge in [0.1, 0.15) is 5.58 Å². The zero-order valence-corrected chi connectivity index (χ0v) is 15.3. The number of nitrogens with one attached hydrogen (secondary N) is 2. The van der Waals surface area contributed by atoms with E-state index in [9.17, 15) is 9.59 Å². The highest BCUT2D eigenvalue weighted by Gasteiger charge is 2.15. The molecule has 26 heavy (non-hydrogen) atoms. The molecule has 1 atom stereocenters. The molecule has 3 aromatic rings. The molecular weight excluding hydrogens is 352 g/mol. The number of anilines is 1. The summed E-state index contributed by atoms with van der Waals surface area (Å²) in [6.07, 6.45) is 0.387. The molecule has 2 aromatic carbocycles. The summed E-state index contributed by atoms with van der Waals surface area (Å²) in [6, 6.07) is 14.3. The van der Waals surface area contributed by atoms with E-state index in [0.717, 1.165) is 10.9 Å². The number of halogens is 1. The Labute approximate surface area is 156 Å². The maximum atomic E-state index is 12.5. The van der Waals surface area contributed by atoms with Crippen molar-refractivity contribution in [3.05, 3.63) is 64.9 Å². The lowest BCUT2D eigenvalue weighted by atomic mass is 9.97. The highest BCUT2D eigenvalue weighted by atomic mass is 35.5. The van der Waals surface area contributed by atoms with Crippen LogP contribution in [0.3, 0.4) is 0 Å². The number of benzene rings is 2. The third kappa shape index (κ3) is 4.06. The Kier molecular flexibility index (Phi) is 5.28. The van der Waals surface area contributed by atoms with Gasteiger partial charge in [0.2, 0.25) is 5.91 Å². The number of fused-ring (bicyclic) bond motifs is 1. The maximum absolute atomic E-state index is 12.5. The molecule has 2 N–H and O–H groups in total. The van der Waals surface area contributed by atoms with Crippen molar-refractivity contribution in [1.29, 1.82) is 0 Å². The summed E-state index contributed by atoms with van der Waals surface area (Å²) in [5.74, 6) is -0.104. The fourth-order valence-electron chi connectivity index (χ4n) is 2.74. The van der Waals surface area contributed by atoms with Crippen molar-refractivity contribution in [3.8, 4) is 0 Å². The molecule has 0 bridgehead atoms. The molecule has 0 aliphatic carbocycles. The highest BCUT2D eigenvalue weighted by Crippen LogP contribution is 2.25. The van der Waals surface area contributed by atoms with E-state index in [-0.39, 0.29) is 23.5 Å². The summed E-state index contributed by atoms with van der Waals surface area (Å²) < 4.78 is 5.58. The molecule has 0 radical (unpaired) electrons. The second kappa shape index (κ2) is 7.62. The Morgan fingerprint density at radius 2 is 1.96 bits per heavy atom. The molecule has 0 aliphatic rings. The number of rotatable bonds is 5. The largest absolute Gasteiger partial charge is 0.451 e. The van der Waals surface area contributed by atoms with Gasteiger partial charge in [-0.25, -0.2) is 0 Å². The molecule has 6 heteroatoms. The van der Waals surface area contributed by atoms with Crippen molar-refractivity contribution < 1.29 is 14.0 Å². The first kappa shape index (κ1) is 18.0. The minimum atomic E-state index is -0.339. The van der Waals surface area contributed by atoms with Crippen molar-refractivity contribution in [2.75, 3.05) is 12.4 Å². The van der Waals surface area contributed by atoms with Crippen molar-refractivity contribution in [2.24, 2.45) is 0 Å². The lowest BCUT2D eigenvalue weighted by Gasteiger charge is -2.12. The monoisotopic (exact) mass is 370 g/mol. The normalized spacial score (nSPS) is 12.0. The predicted octanol–water partition coefficient (Wildman–Crippen LogP) is 4.58. The van der Waals surface area contributed by atoms with Gasteiger partial charge in [0.25, 0.3) is 5.91 Å². The van der Waals surface area contributed by atoms with Gasteiger partial charge in [-0.1, -0.05) is 30.7 Å². The van der Waals surface area contributed by atoms with Crippen LogP contribution < -0.4 is 10.6 Å². The zero-order valence-electron chi connectivity index (χ0n) is 14.5. The van der Waals surface area contributed by atoms with Gasteiger partial charge in [-0.15, -0.1) is 0 Å². The van der Waals surface area contributed by atoms with Crippen molar-refractivity contribution >= 4 is 40.1 Å². The van der Waals surface area contributed by atoms with Crippen LogP contribution in [0.4, 0.5) is 5.69 Å². The summed E-state index contributed by atoms with van der Waals surface area (Å²) in [5.41, 5.74) is 2.23. The summed E-state index contributed by atoms with van der Waals surface area (Å²) in [7, 11) is 1.62. The quantitative estimate of drug-likeness (QED) is 0.690. The van der Waals surface area contributed by atoms with E-state index < -0.39 is 0 Å². The average molecular weight is 371 g/mol. The van der Waals surface area contributed by atoms with E-state index in [1.54, 1.807) is 37.4 Å². The first-order valence-electron chi connectivity index (χ1n) is 8.27. The number of hydrogen-bond donors (Lipinski definition) is 2. The SMILES string of the molecule is CNC(=O)CC(C)c1cccc(NC(=O)c2cc3cc(Cl)ccc3o2)c1. The summed E-state index contributed by atoms with van der Waals surface area (Å²) in [5, 5.41) is 6.81. The Morgan fingerprint density at radius 3 is 2.73 bits per heavy atom. The molecule has 5 nitrogen and oxygen atoms in total. The van der Waals surface area contributed by atoms with Crippen LogP contribution >= 0.6 is 11.6 Å². The fourth-order valence-corrected chi connectivity index (χ4v) is 2.92. The van der Waals surface area contributed by atoms with Gasteiger partial charge in [-0.2, -0.15) is 0 Å². The topological polar surface area (TPSA) is 71.3 Å². The summed E-state index contributed by atoms with van der Waals surface area (Å²) >= 11 is 5.96. The van der Waals surface area contributed by atoms with Crippen LogP contribution in [0.25, 0.3) is 11.0 Å². The zero-order chi connectivity index (χ0) is 18.7. The van der Waals surface area contributed by atoms with Gasteiger partial charge in [-0.3, -0.25) is 9.59 Å². The third-order valence-corrected chi connectivity index (χ3v) is 4.42. The molecule has 134 valence electrons. The minimum absolute atomic E-state index is 0.0205. The number of amides is 2. The number of carbonyl (C=O) groups is 2. The first-order chi connectivity index (χ1) is 12.5. The number of carbonyl (C=O) groups excluding carboxylic acids is 2. The first-order valence-corrected chi connectivity index (χ1v) is 8.65. The number of furan rings is 1. The van der Waals surface area contributed by atoms with Gasteiger partial charge in [-0.05, 0) is 47.9 Å². The second-order valence-corrected chi connectivity index (χ2v) is 6.59. The van der Waals surface area contributed by atoms with Crippen LogP contribution in [0.15, 0.2) is 52.9 Å². The van der Waals surface area contributed by atoms with Crippen molar-refractivity contribution in [2.45, 2.75) is 19.3 Å². The molecule has 1 aromatic heterocycles. The molecule has 2 amide bonds. The maximum Gasteiger partial charge on any atom is 0.291 e. The van der Waals surface area contributed by atoms with E-state index in [0.29, 0.717) is 22.7 Å². The van der Waals surface area contributed by atoms with Gasteiger partial charge >= 0.3 is 0 Å². The van der Waals surface area contributed by atoms with Gasteiger partial charge < -0.3 is 15.1 Å². The van der Waals surface area contributed by atoms with Gasteiger partial charge in [0, 0.05) is 29.6 Å². The fraction of sp³-hybridized carbons (Fsp3) is 0.200. The molecule has 0 spiro atoms. The molecule has 1 heterocycles. The second-order valence-electron chi connectivity index (χ2n) is 6.15. The van der Waals surface area contributed by atoms with Crippen LogP contribution in [0, 0.1) is 0 Å². The molecule has 0 fully saturated rings. The van der Waals surface area contributed by atoms with E-state index in [4.69, 9.17) is 16.0 Å². The van der Waals surface area contributed by atoms with E-state index in [1.165, 1.54) is 0 Å². The molecule has 0 aliphatic heterocycles. The molecule has 0 saturated carbocycles. The van der Waals surface area contributed by atoms with Crippen LogP contribution in [-0.4, -0.2) is 18.9 Å². The van der Waals surface area contributed by atoms with Crippen LogP contribution in [0.5, 0.6) is 0 Å². The van der Waals surface area contributed by atoms with Crippen LogP contribution in [-0.2, 0) is 4.79 Å². The van der Waals surface area contributed by atoms with E-state index >= 15 is 0 Å². The van der Waals surface area contributed by atoms with E-state index in [1.807, 2.05) is 25.1 Å². The van der Waals surface area contributed by atoms with Gasteiger partial charge in [0.15, 0.2) is 5.76 Å². The van der Waals surface area contributed by atoms with Crippen LogP contribution in [0.2, 0.25) is 5.02 Å². The Morgan fingerprint density at radius 1 is 1.15 bits per heavy atom. The van der Waals surface area contributed by atoms with Crippen molar-refractivity contribution in [3.63, 3.8) is 0 Å². The smallest absolute Gasteiger partial charge is 0.291 e. The molecule has 1 unspecified atom stereocenters. The standard InChI is InChI=1S/C20H19ClN2O3/c1-12(8-19(24)22-2)13-4-3-5-16(10-13)23-20(25)18-11-14-9-15(21)6-7-17(14)26-18/h3-7,9-12H,8H2,1-2H3,(H,22,24)(H,23,25). The number of hydrogen-bond acceptors (Lipinski definition) is 3. The molecule has 3 rings (SSSR count). The minimum Gasteiger partial charge on any atom is -0.451 e. The van der Waals surface area contributed by atoms with Crippen LogP contribution in [0.1, 0.15) is 35.4 Å². The molecule has 0 saturated heterocycles. The third-order valence-electron chi connectivity index (χ3n) is 4.19. The highest BCUT2D eigenvalue weighted by molar-refractivity contribution is 6.31. The molecular formula is C20H19ClN2O3. The predicted molar refractivity (Wildman–Crippen MR) is 103 cm³/mol. The lowest BCUT2D eigenvalue weighted by Crippen LogP contribution is -2.19. The van der Waals surface area contributed by atoms with Crippen molar-refractivity contribution in [1.82, 2.24) is 5.32 Å². The summed E-state index contributed by atoms with van der Waals surface area (Å²) in [4.78, 5) is 24.0.